The number of amides is 2. The third-order valence-corrected chi connectivity index (χ3v) is 5.71. The minimum atomic E-state index is -1.00. The molecule has 0 aromatic carbocycles. The molecular formula is C20H21Cl2N3O5S. The number of carbonyl (C=O) groups excluding carboxylic acids is 3. The number of anilines is 1. The van der Waals surface area contributed by atoms with E-state index in [4.69, 9.17) is 23.2 Å². The van der Waals surface area contributed by atoms with E-state index in [0.29, 0.717) is 17.3 Å². The first kappa shape index (κ1) is 24.6. The number of thiophene rings is 1. The maximum Gasteiger partial charge on any atom is 0.330 e. The summed E-state index contributed by atoms with van der Waals surface area (Å²) in [6.07, 6.45) is 4.81. The zero-order valence-electron chi connectivity index (χ0n) is 16.8. The fourth-order valence-corrected chi connectivity index (χ4v) is 4.07. The summed E-state index contributed by atoms with van der Waals surface area (Å²) in [4.78, 5) is 49.1. The lowest BCUT2D eigenvalue weighted by Crippen LogP contribution is -2.44. The van der Waals surface area contributed by atoms with E-state index in [1.807, 2.05) is 0 Å². The molecule has 0 bridgehead atoms. The normalized spacial score (nSPS) is 11.9. The molecule has 1 unspecified atom stereocenters. The first-order chi connectivity index (χ1) is 14.8. The summed E-state index contributed by atoms with van der Waals surface area (Å²) in [6.45, 7) is 2.25. The quantitative estimate of drug-likeness (QED) is 0.417. The number of aromatic nitrogens is 1. The van der Waals surface area contributed by atoms with Gasteiger partial charge >= 0.3 is 5.97 Å². The van der Waals surface area contributed by atoms with Gasteiger partial charge in [-0.3, -0.25) is 14.4 Å². The molecule has 1 atom stereocenters. The molecule has 11 heteroatoms. The molecule has 2 amide bonds. The van der Waals surface area contributed by atoms with Gasteiger partial charge in [-0.2, -0.15) is 0 Å². The van der Waals surface area contributed by atoms with Crippen LogP contribution < -0.4 is 16.2 Å². The summed E-state index contributed by atoms with van der Waals surface area (Å²) in [7, 11) is 1.25. The van der Waals surface area contributed by atoms with Crippen molar-refractivity contribution in [3.63, 3.8) is 0 Å². The third-order valence-electron chi connectivity index (χ3n) is 4.22. The highest BCUT2D eigenvalue weighted by Crippen LogP contribution is 2.31. The number of nitrogens with one attached hydrogen (secondary N) is 2. The van der Waals surface area contributed by atoms with E-state index in [1.165, 1.54) is 36.0 Å². The average Bonchev–Trinajstić information content (AvgIpc) is 3.09. The number of aryl methyl sites for hydroxylation is 1. The number of pyridine rings is 1. The van der Waals surface area contributed by atoms with Crippen LogP contribution in [-0.4, -0.2) is 35.5 Å². The molecule has 0 radical (unpaired) electrons. The van der Waals surface area contributed by atoms with Crippen LogP contribution in [0.5, 0.6) is 0 Å². The number of carbonyl (C=O) groups is 3. The van der Waals surface area contributed by atoms with Crippen molar-refractivity contribution in [3.8, 4) is 0 Å². The second-order valence-electron chi connectivity index (χ2n) is 6.27. The highest BCUT2D eigenvalue weighted by Gasteiger charge is 2.24. The molecule has 0 fully saturated rings. The highest BCUT2D eigenvalue weighted by molar-refractivity contribution is 7.20. The molecule has 31 heavy (non-hydrogen) atoms. The van der Waals surface area contributed by atoms with Gasteiger partial charge in [0.2, 0.25) is 5.91 Å². The smallest absolute Gasteiger partial charge is 0.330 e. The van der Waals surface area contributed by atoms with Crippen molar-refractivity contribution >= 4 is 58.0 Å². The molecule has 166 valence electrons. The maximum absolute atomic E-state index is 12.9. The third kappa shape index (κ3) is 6.95. The zero-order valence-corrected chi connectivity index (χ0v) is 19.1. The number of rotatable bonds is 9. The SMILES string of the molecule is CCn1cccc(NC(=O)C(CC/C=C/C(=O)OC)NC(=O)c2cc(Cl)sc2Cl)c1=O. The van der Waals surface area contributed by atoms with Crippen molar-refractivity contribution in [1.82, 2.24) is 9.88 Å². The molecule has 0 aliphatic carbocycles. The van der Waals surface area contributed by atoms with Crippen LogP contribution in [0.25, 0.3) is 0 Å². The van der Waals surface area contributed by atoms with Gasteiger partial charge in [-0.25, -0.2) is 4.79 Å². The summed E-state index contributed by atoms with van der Waals surface area (Å²) < 4.78 is 6.49. The van der Waals surface area contributed by atoms with Crippen LogP contribution in [0, 0.1) is 0 Å². The van der Waals surface area contributed by atoms with Crippen LogP contribution in [0.1, 0.15) is 30.1 Å². The van der Waals surface area contributed by atoms with E-state index in [2.05, 4.69) is 15.4 Å². The predicted octanol–water partition coefficient (Wildman–Crippen LogP) is 3.48. The first-order valence-electron chi connectivity index (χ1n) is 9.27. The molecule has 0 saturated heterocycles. The van der Waals surface area contributed by atoms with E-state index in [9.17, 15) is 19.2 Å². The molecule has 8 nitrogen and oxygen atoms in total. The van der Waals surface area contributed by atoms with Crippen LogP contribution in [0.3, 0.4) is 0 Å². The van der Waals surface area contributed by atoms with Crippen LogP contribution in [0.15, 0.2) is 41.3 Å². The van der Waals surface area contributed by atoms with Crippen LogP contribution in [0.2, 0.25) is 8.67 Å². The molecule has 0 aliphatic rings. The Kier molecular flexibility index (Phi) is 9.29. The van der Waals surface area contributed by atoms with E-state index in [0.717, 1.165) is 11.3 Å². The Hall–Kier alpha value is -2.62. The number of methoxy groups -OCH3 is 1. The zero-order chi connectivity index (χ0) is 23.0. The monoisotopic (exact) mass is 485 g/mol. The number of hydrogen-bond acceptors (Lipinski definition) is 6. The molecule has 0 saturated carbocycles. The summed E-state index contributed by atoms with van der Waals surface area (Å²) in [5.41, 5.74) is -0.121. The fraction of sp³-hybridized carbons (Fsp3) is 0.300. The Morgan fingerprint density at radius 3 is 2.68 bits per heavy atom. The van der Waals surface area contributed by atoms with E-state index < -0.39 is 23.8 Å². The van der Waals surface area contributed by atoms with Gasteiger partial charge in [0, 0.05) is 18.8 Å². The van der Waals surface area contributed by atoms with E-state index in [-0.39, 0.29) is 27.6 Å². The summed E-state index contributed by atoms with van der Waals surface area (Å²) in [5, 5.41) is 5.17. The molecule has 0 aliphatic heterocycles. The van der Waals surface area contributed by atoms with Crippen molar-refractivity contribution in [2.24, 2.45) is 0 Å². The Morgan fingerprint density at radius 2 is 2.06 bits per heavy atom. The molecular weight excluding hydrogens is 465 g/mol. The van der Waals surface area contributed by atoms with Crippen molar-refractivity contribution in [1.29, 1.82) is 0 Å². The van der Waals surface area contributed by atoms with Crippen LogP contribution in [-0.2, 0) is 20.9 Å². The number of ether oxygens (including phenoxy) is 1. The first-order valence-corrected chi connectivity index (χ1v) is 10.8. The lowest BCUT2D eigenvalue weighted by molar-refractivity contribution is -0.134. The van der Waals surface area contributed by atoms with Crippen LogP contribution in [0.4, 0.5) is 5.69 Å². The fourth-order valence-electron chi connectivity index (χ4n) is 2.61. The molecule has 2 N–H and O–H groups in total. The second-order valence-corrected chi connectivity index (χ2v) is 8.55. The van der Waals surface area contributed by atoms with Crippen molar-refractivity contribution in [2.75, 3.05) is 12.4 Å². The summed E-state index contributed by atoms with van der Waals surface area (Å²) in [5.74, 6) is -1.69. The molecule has 2 rings (SSSR count). The predicted molar refractivity (Wildman–Crippen MR) is 121 cm³/mol. The Morgan fingerprint density at radius 1 is 1.32 bits per heavy atom. The largest absolute Gasteiger partial charge is 0.466 e. The molecule has 0 spiro atoms. The average molecular weight is 486 g/mol. The summed E-state index contributed by atoms with van der Waals surface area (Å²) in [6, 6.07) is 3.53. The minimum Gasteiger partial charge on any atom is -0.466 e. The van der Waals surface area contributed by atoms with Crippen molar-refractivity contribution in [3.05, 3.63) is 61.1 Å². The number of esters is 1. The topological polar surface area (TPSA) is 106 Å². The number of nitrogens with zero attached hydrogens (tertiary/aromatic N) is 1. The van der Waals surface area contributed by atoms with E-state index >= 15 is 0 Å². The van der Waals surface area contributed by atoms with Gasteiger partial charge in [0.05, 0.1) is 17.0 Å². The number of allylic oxidation sites excluding steroid dienone is 1. The van der Waals surface area contributed by atoms with E-state index in [1.54, 1.807) is 19.2 Å². The number of hydrogen-bond donors (Lipinski definition) is 2. The van der Waals surface area contributed by atoms with Gasteiger partial charge in [0.15, 0.2) is 0 Å². The van der Waals surface area contributed by atoms with Crippen molar-refractivity contribution < 1.29 is 19.1 Å². The van der Waals surface area contributed by atoms with Gasteiger partial charge in [0.25, 0.3) is 11.5 Å². The number of halogens is 2. The Bertz CT molecular complexity index is 1050. The summed E-state index contributed by atoms with van der Waals surface area (Å²) >= 11 is 13.0. The van der Waals surface area contributed by atoms with Gasteiger partial charge in [-0.1, -0.05) is 29.3 Å². The maximum atomic E-state index is 12.9. The molecule has 2 aromatic heterocycles. The van der Waals surface area contributed by atoms with Crippen molar-refractivity contribution in [2.45, 2.75) is 32.4 Å². The minimum absolute atomic E-state index is 0.0929. The van der Waals surface area contributed by atoms with Gasteiger partial charge in [-0.05, 0) is 38.0 Å². The van der Waals surface area contributed by atoms with Crippen LogP contribution >= 0.6 is 34.5 Å². The second kappa shape index (κ2) is 11.7. The lowest BCUT2D eigenvalue weighted by atomic mass is 10.1. The Labute approximate surface area is 192 Å². The van der Waals surface area contributed by atoms with Gasteiger partial charge in [0.1, 0.15) is 16.1 Å². The van der Waals surface area contributed by atoms with Gasteiger partial charge in [-0.15, -0.1) is 11.3 Å². The standard InChI is InChI=1S/C20H21Cl2N3O5S/c1-3-25-10-6-8-14(20(25)29)24-19(28)13(7-4-5-9-16(26)30-2)23-18(27)12-11-15(21)31-17(12)22/h5-6,8-11,13H,3-4,7H2,1-2H3,(H,23,27)(H,24,28)/b9-5+. The molecule has 2 heterocycles. The van der Waals surface area contributed by atoms with Gasteiger partial charge < -0.3 is 19.9 Å². The lowest BCUT2D eigenvalue weighted by Gasteiger charge is -2.18. The Balaban J connectivity index is 2.19. The highest BCUT2D eigenvalue weighted by atomic mass is 35.5. The molecule has 2 aromatic rings.